The molecule has 1 heterocycles. The highest BCUT2D eigenvalue weighted by Crippen LogP contribution is 2.20. The summed E-state index contributed by atoms with van der Waals surface area (Å²) in [6.07, 6.45) is 0. The molecule has 0 atom stereocenters. The fourth-order valence-electron chi connectivity index (χ4n) is 2.89. The normalized spacial score (nSPS) is 16.5. The topological polar surface area (TPSA) is 83.8 Å². The maximum Gasteiger partial charge on any atom is 0.269 e. The first-order chi connectivity index (χ1) is 12.4. The van der Waals surface area contributed by atoms with E-state index in [2.05, 4.69) is 4.90 Å². The minimum absolute atomic E-state index is 0.0404. The molecule has 0 saturated carbocycles. The quantitative estimate of drug-likeness (QED) is 0.588. The largest absolute Gasteiger partial charge is 0.296 e. The van der Waals surface area contributed by atoms with Crippen LogP contribution in [0.5, 0.6) is 0 Å². The lowest BCUT2D eigenvalue weighted by Gasteiger charge is -2.34. The van der Waals surface area contributed by atoms with E-state index in [1.54, 1.807) is 12.1 Å². The van der Waals surface area contributed by atoms with E-state index in [9.17, 15) is 22.9 Å². The zero-order valence-electron chi connectivity index (χ0n) is 13.9. The second kappa shape index (κ2) is 7.48. The van der Waals surface area contributed by atoms with Gasteiger partial charge in [-0.05, 0) is 23.8 Å². The molecule has 1 aliphatic heterocycles. The first kappa shape index (κ1) is 18.4. The predicted molar refractivity (Wildman–Crippen MR) is 93.5 cm³/mol. The fraction of sp³-hybridized carbons (Fsp3) is 0.294. The van der Waals surface area contributed by atoms with Gasteiger partial charge in [-0.25, -0.2) is 12.8 Å². The molecule has 0 radical (unpaired) electrons. The number of hydrogen-bond acceptors (Lipinski definition) is 5. The third kappa shape index (κ3) is 4.06. The van der Waals surface area contributed by atoms with Gasteiger partial charge in [0.2, 0.25) is 10.0 Å². The molecule has 0 unspecified atom stereocenters. The highest BCUT2D eigenvalue weighted by molar-refractivity contribution is 7.89. The molecule has 2 aromatic carbocycles. The molecule has 9 heteroatoms. The van der Waals surface area contributed by atoms with E-state index in [1.807, 2.05) is 0 Å². The molecule has 0 amide bonds. The van der Waals surface area contributed by atoms with Gasteiger partial charge < -0.3 is 0 Å². The standard InChI is InChI=1S/C17H18FN3O4S/c18-15-2-1-3-17(12-15)26(24,25)20-10-8-19(9-11-20)13-14-4-6-16(7-5-14)21(22)23/h1-7,12H,8-11,13H2. The summed E-state index contributed by atoms with van der Waals surface area (Å²) in [5.74, 6) is -0.581. The van der Waals surface area contributed by atoms with Crippen molar-refractivity contribution < 1.29 is 17.7 Å². The average molecular weight is 379 g/mol. The minimum atomic E-state index is -3.70. The van der Waals surface area contributed by atoms with Crippen LogP contribution in [0.2, 0.25) is 0 Å². The Morgan fingerprint density at radius 1 is 1.04 bits per heavy atom. The Kier molecular flexibility index (Phi) is 5.30. The molecule has 0 spiro atoms. The lowest BCUT2D eigenvalue weighted by Crippen LogP contribution is -2.48. The highest BCUT2D eigenvalue weighted by Gasteiger charge is 2.28. The van der Waals surface area contributed by atoms with Gasteiger partial charge in [0, 0.05) is 44.9 Å². The Labute approximate surface area is 150 Å². The summed E-state index contributed by atoms with van der Waals surface area (Å²) in [6, 6.07) is 11.3. The van der Waals surface area contributed by atoms with E-state index in [1.165, 1.54) is 34.6 Å². The van der Waals surface area contributed by atoms with Gasteiger partial charge in [-0.2, -0.15) is 4.31 Å². The SMILES string of the molecule is O=[N+]([O-])c1ccc(CN2CCN(S(=O)(=O)c3cccc(F)c3)CC2)cc1. The Balaban J connectivity index is 1.61. The molecule has 0 N–H and O–H groups in total. The van der Waals surface area contributed by atoms with E-state index in [4.69, 9.17) is 0 Å². The van der Waals surface area contributed by atoms with Crippen molar-refractivity contribution in [1.29, 1.82) is 0 Å². The molecular formula is C17H18FN3O4S. The van der Waals surface area contributed by atoms with Crippen molar-refractivity contribution in [1.82, 2.24) is 9.21 Å². The van der Waals surface area contributed by atoms with Crippen LogP contribution < -0.4 is 0 Å². The summed E-state index contributed by atoms with van der Waals surface area (Å²) in [4.78, 5) is 12.3. The van der Waals surface area contributed by atoms with Crippen LogP contribution in [-0.2, 0) is 16.6 Å². The van der Waals surface area contributed by atoms with Crippen LogP contribution in [0.1, 0.15) is 5.56 Å². The third-order valence-corrected chi connectivity index (χ3v) is 6.21. The Hall–Kier alpha value is -2.36. The number of nitro benzene ring substituents is 1. The lowest BCUT2D eigenvalue weighted by atomic mass is 10.2. The van der Waals surface area contributed by atoms with Crippen molar-refractivity contribution in [3.8, 4) is 0 Å². The van der Waals surface area contributed by atoms with Crippen LogP contribution in [-0.4, -0.2) is 48.7 Å². The zero-order valence-corrected chi connectivity index (χ0v) is 14.7. The van der Waals surface area contributed by atoms with Gasteiger partial charge in [0.15, 0.2) is 0 Å². The molecule has 138 valence electrons. The summed E-state index contributed by atoms with van der Waals surface area (Å²) in [6.45, 7) is 2.28. The summed E-state index contributed by atoms with van der Waals surface area (Å²) in [7, 11) is -3.70. The van der Waals surface area contributed by atoms with E-state index in [0.717, 1.165) is 11.6 Å². The Morgan fingerprint density at radius 3 is 2.27 bits per heavy atom. The molecule has 1 fully saturated rings. The van der Waals surface area contributed by atoms with Crippen molar-refractivity contribution in [2.75, 3.05) is 26.2 Å². The summed E-state index contributed by atoms with van der Waals surface area (Å²) in [5.41, 5.74) is 0.969. The van der Waals surface area contributed by atoms with Gasteiger partial charge in [-0.15, -0.1) is 0 Å². The first-order valence-corrected chi connectivity index (χ1v) is 9.52. The van der Waals surface area contributed by atoms with E-state index >= 15 is 0 Å². The van der Waals surface area contributed by atoms with Crippen LogP contribution in [0, 0.1) is 15.9 Å². The number of halogens is 1. The molecular weight excluding hydrogens is 361 g/mol. The van der Waals surface area contributed by atoms with E-state index < -0.39 is 20.8 Å². The Bertz CT molecular complexity index is 894. The van der Waals surface area contributed by atoms with Crippen LogP contribution in [0.15, 0.2) is 53.4 Å². The number of hydrogen-bond donors (Lipinski definition) is 0. The third-order valence-electron chi connectivity index (χ3n) is 4.32. The van der Waals surface area contributed by atoms with E-state index in [0.29, 0.717) is 32.7 Å². The predicted octanol–water partition coefficient (Wildman–Crippen LogP) is 2.24. The second-order valence-electron chi connectivity index (χ2n) is 6.06. The molecule has 0 aliphatic carbocycles. The molecule has 1 saturated heterocycles. The number of sulfonamides is 1. The minimum Gasteiger partial charge on any atom is -0.296 e. The van der Waals surface area contributed by atoms with E-state index in [-0.39, 0.29) is 10.6 Å². The number of nitro groups is 1. The Morgan fingerprint density at radius 2 is 1.69 bits per heavy atom. The van der Waals surface area contributed by atoms with Crippen LogP contribution in [0.4, 0.5) is 10.1 Å². The van der Waals surface area contributed by atoms with Gasteiger partial charge in [0.05, 0.1) is 9.82 Å². The molecule has 1 aliphatic rings. The summed E-state index contributed by atoms with van der Waals surface area (Å²) < 4.78 is 39.8. The molecule has 7 nitrogen and oxygen atoms in total. The maximum absolute atomic E-state index is 13.3. The van der Waals surface area contributed by atoms with Crippen molar-refractivity contribution in [2.24, 2.45) is 0 Å². The van der Waals surface area contributed by atoms with Gasteiger partial charge in [0.25, 0.3) is 5.69 Å². The number of nitrogens with zero attached hydrogens (tertiary/aromatic N) is 3. The van der Waals surface area contributed by atoms with Gasteiger partial charge in [-0.3, -0.25) is 15.0 Å². The summed E-state index contributed by atoms with van der Waals surface area (Å²) in [5, 5.41) is 10.7. The molecule has 0 aromatic heterocycles. The zero-order chi connectivity index (χ0) is 18.7. The molecule has 26 heavy (non-hydrogen) atoms. The van der Waals surface area contributed by atoms with Crippen molar-refractivity contribution >= 4 is 15.7 Å². The van der Waals surface area contributed by atoms with Crippen molar-refractivity contribution in [2.45, 2.75) is 11.4 Å². The second-order valence-corrected chi connectivity index (χ2v) is 8.00. The van der Waals surface area contributed by atoms with Crippen molar-refractivity contribution in [3.05, 3.63) is 70.0 Å². The van der Waals surface area contributed by atoms with Crippen molar-refractivity contribution in [3.63, 3.8) is 0 Å². The maximum atomic E-state index is 13.3. The van der Waals surface area contributed by atoms with Crippen LogP contribution in [0.3, 0.4) is 0 Å². The first-order valence-electron chi connectivity index (χ1n) is 8.08. The smallest absolute Gasteiger partial charge is 0.269 e. The highest BCUT2D eigenvalue weighted by atomic mass is 32.2. The number of non-ortho nitro benzene ring substituents is 1. The number of rotatable bonds is 5. The van der Waals surface area contributed by atoms with Crippen LogP contribution >= 0.6 is 0 Å². The number of benzene rings is 2. The molecule has 3 rings (SSSR count). The molecule has 0 bridgehead atoms. The monoisotopic (exact) mass is 379 g/mol. The fourth-order valence-corrected chi connectivity index (χ4v) is 4.34. The number of piperazine rings is 1. The van der Waals surface area contributed by atoms with Gasteiger partial charge in [0.1, 0.15) is 5.82 Å². The summed E-state index contributed by atoms with van der Waals surface area (Å²) >= 11 is 0. The lowest BCUT2D eigenvalue weighted by molar-refractivity contribution is -0.384. The molecule has 2 aromatic rings. The van der Waals surface area contributed by atoms with Crippen LogP contribution in [0.25, 0.3) is 0 Å². The average Bonchev–Trinajstić information content (AvgIpc) is 2.62. The van der Waals surface area contributed by atoms with Gasteiger partial charge >= 0.3 is 0 Å². The van der Waals surface area contributed by atoms with Gasteiger partial charge in [-0.1, -0.05) is 18.2 Å².